The molecular weight excluding hydrogens is 366 g/mol. The number of likely N-dealkylation sites (tertiary alicyclic amines) is 1. The molecule has 8 nitrogen and oxygen atoms in total. The van der Waals surface area contributed by atoms with Gasteiger partial charge >= 0.3 is 0 Å². The first-order valence-corrected chi connectivity index (χ1v) is 10.5. The number of aliphatic hydroxyl groups is 1. The Morgan fingerprint density at radius 3 is 2.69 bits per heavy atom. The van der Waals surface area contributed by atoms with Crippen molar-refractivity contribution < 1.29 is 5.11 Å². The van der Waals surface area contributed by atoms with Gasteiger partial charge in [0.1, 0.15) is 5.82 Å². The number of aromatic nitrogens is 5. The van der Waals surface area contributed by atoms with E-state index < -0.39 is 0 Å². The number of nitrogens with zero attached hydrogens (tertiary/aromatic N) is 7. The number of fused-ring (bicyclic) bond motifs is 1. The minimum Gasteiger partial charge on any atom is -0.392 e. The molecule has 152 valence electrons. The van der Waals surface area contributed by atoms with Gasteiger partial charge in [-0.1, -0.05) is 0 Å². The van der Waals surface area contributed by atoms with Gasteiger partial charge in [-0.25, -0.2) is 9.97 Å². The number of rotatable bonds is 3. The van der Waals surface area contributed by atoms with Crippen LogP contribution in [0.4, 0.5) is 5.82 Å². The molecule has 0 saturated carbocycles. The van der Waals surface area contributed by atoms with Crippen molar-refractivity contribution >= 4 is 16.9 Å². The number of aryl methyl sites for hydroxylation is 1. The molecule has 29 heavy (non-hydrogen) atoms. The molecule has 2 fully saturated rings. The van der Waals surface area contributed by atoms with Gasteiger partial charge in [-0.05, 0) is 44.4 Å². The van der Waals surface area contributed by atoms with Gasteiger partial charge in [0.05, 0.1) is 17.7 Å². The van der Waals surface area contributed by atoms with Crippen LogP contribution >= 0.6 is 0 Å². The van der Waals surface area contributed by atoms with E-state index in [4.69, 9.17) is 9.97 Å². The molecule has 0 spiro atoms. The fourth-order valence-corrected chi connectivity index (χ4v) is 4.63. The van der Waals surface area contributed by atoms with Crippen molar-refractivity contribution in [1.29, 1.82) is 0 Å². The SMILES string of the molecule is Cn1ncc2c(N3CCC(N4CCC[C@@H](O)C4)CC3)nc(-c3cccnc3)nc21. The Bertz CT molecular complexity index is 981. The maximum Gasteiger partial charge on any atom is 0.165 e. The number of hydrogen-bond acceptors (Lipinski definition) is 7. The zero-order valence-corrected chi connectivity index (χ0v) is 16.8. The summed E-state index contributed by atoms with van der Waals surface area (Å²) in [6, 6.07) is 4.44. The smallest absolute Gasteiger partial charge is 0.165 e. The van der Waals surface area contributed by atoms with Gasteiger partial charge in [0.25, 0.3) is 0 Å². The van der Waals surface area contributed by atoms with E-state index >= 15 is 0 Å². The van der Waals surface area contributed by atoms with Gasteiger partial charge in [-0.15, -0.1) is 0 Å². The van der Waals surface area contributed by atoms with Gasteiger partial charge in [0, 0.05) is 50.7 Å². The largest absolute Gasteiger partial charge is 0.392 e. The van der Waals surface area contributed by atoms with Crippen molar-refractivity contribution in [2.45, 2.75) is 37.8 Å². The minimum absolute atomic E-state index is 0.166. The second-order valence-electron chi connectivity index (χ2n) is 8.13. The van der Waals surface area contributed by atoms with Crippen LogP contribution in [0, 0.1) is 0 Å². The first kappa shape index (κ1) is 18.4. The lowest BCUT2D eigenvalue weighted by Crippen LogP contribution is -2.49. The summed E-state index contributed by atoms with van der Waals surface area (Å²) in [5, 5.41) is 15.4. The molecule has 2 saturated heterocycles. The number of β-amino-alcohol motifs (C(OH)–C–C–N with tert-alkyl or cyclic N) is 1. The molecule has 1 atom stereocenters. The zero-order chi connectivity index (χ0) is 19.8. The van der Waals surface area contributed by atoms with E-state index in [0.717, 1.165) is 74.3 Å². The molecule has 0 aliphatic carbocycles. The zero-order valence-electron chi connectivity index (χ0n) is 16.8. The Hall–Kier alpha value is -2.58. The average molecular weight is 393 g/mol. The van der Waals surface area contributed by atoms with Crippen LogP contribution in [0.5, 0.6) is 0 Å². The van der Waals surface area contributed by atoms with E-state index in [1.165, 1.54) is 0 Å². The molecule has 5 rings (SSSR count). The molecule has 2 aliphatic heterocycles. The Balaban J connectivity index is 1.42. The summed E-state index contributed by atoms with van der Waals surface area (Å²) in [7, 11) is 1.92. The first-order valence-electron chi connectivity index (χ1n) is 10.5. The Morgan fingerprint density at radius 1 is 1.07 bits per heavy atom. The fourth-order valence-electron chi connectivity index (χ4n) is 4.63. The van der Waals surface area contributed by atoms with Crippen LogP contribution in [0.3, 0.4) is 0 Å². The molecule has 3 aromatic heterocycles. The van der Waals surface area contributed by atoms with Crippen LogP contribution in [0.15, 0.2) is 30.7 Å². The lowest BCUT2D eigenvalue weighted by Gasteiger charge is -2.41. The third-order valence-corrected chi connectivity index (χ3v) is 6.20. The number of hydrogen-bond donors (Lipinski definition) is 1. The maximum atomic E-state index is 10.0. The van der Waals surface area contributed by atoms with Gasteiger partial charge in [0.15, 0.2) is 11.5 Å². The number of aliphatic hydroxyl groups excluding tert-OH is 1. The average Bonchev–Trinajstić information content (AvgIpc) is 3.15. The van der Waals surface area contributed by atoms with Crippen molar-refractivity contribution in [3.63, 3.8) is 0 Å². The summed E-state index contributed by atoms with van der Waals surface area (Å²) in [6.07, 6.45) is 9.46. The van der Waals surface area contributed by atoms with E-state index in [-0.39, 0.29) is 6.10 Å². The van der Waals surface area contributed by atoms with Gasteiger partial charge in [-0.2, -0.15) is 5.10 Å². The molecule has 1 N–H and O–H groups in total. The fraction of sp³-hybridized carbons (Fsp3) is 0.524. The van der Waals surface area contributed by atoms with E-state index in [0.29, 0.717) is 11.9 Å². The summed E-state index contributed by atoms with van der Waals surface area (Å²) in [5.41, 5.74) is 1.75. The van der Waals surface area contributed by atoms with Crippen LogP contribution in [0.1, 0.15) is 25.7 Å². The van der Waals surface area contributed by atoms with Gasteiger partial charge in [0.2, 0.25) is 0 Å². The number of pyridine rings is 1. The van der Waals surface area contributed by atoms with Crippen LogP contribution < -0.4 is 4.90 Å². The molecule has 5 heterocycles. The minimum atomic E-state index is -0.166. The molecular formula is C21H27N7O. The van der Waals surface area contributed by atoms with Crippen LogP contribution in [0.2, 0.25) is 0 Å². The third-order valence-electron chi connectivity index (χ3n) is 6.20. The predicted octanol–water partition coefficient (Wildman–Crippen LogP) is 1.85. The highest BCUT2D eigenvalue weighted by Crippen LogP contribution is 2.30. The summed E-state index contributed by atoms with van der Waals surface area (Å²) < 4.78 is 1.81. The Morgan fingerprint density at radius 2 is 1.93 bits per heavy atom. The molecule has 0 amide bonds. The highest BCUT2D eigenvalue weighted by atomic mass is 16.3. The third kappa shape index (κ3) is 3.58. The second-order valence-corrected chi connectivity index (χ2v) is 8.13. The maximum absolute atomic E-state index is 10.0. The molecule has 8 heteroatoms. The number of piperidine rings is 2. The van der Waals surface area contributed by atoms with Gasteiger partial charge in [-0.3, -0.25) is 14.6 Å². The Labute approximate surface area is 170 Å². The normalized spacial score (nSPS) is 21.7. The molecule has 0 unspecified atom stereocenters. The summed E-state index contributed by atoms with van der Waals surface area (Å²) in [5.74, 6) is 1.64. The summed E-state index contributed by atoms with van der Waals surface area (Å²) >= 11 is 0. The highest BCUT2D eigenvalue weighted by Gasteiger charge is 2.29. The number of anilines is 1. The van der Waals surface area contributed by atoms with Crippen molar-refractivity contribution in [2.75, 3.05) is 31.1 Å². The summed E-state index contributed by atoms with van der Waals surface area (Å²) in [4.78, 5) is 18.7. The molecule has 0 aromatic carbocycles. The predicted molar refractivity (Wildman–Crippen MR) is 112 cm³/mol. The molecule has 2 aliphatic rings. The first-order chi connectivity index (χ1) is 14.2. The summed E-state index contributed by atoms with van der Waals surface area (Å²) in [6.45, 7) is 3.82. The second kappa shape index (κ2) is 7.68. The standard InChI is InChI=1S/C21H27N7O/c1-26-20-18(13-23-26)21(25-19(24-20)15-4-2-8-22-12-15)27-10-6-16(7-11-27)28-9-3-5-17(29)14-28/h2,4,8,12-13,16-17,29H,3,5-7,9-11,14H2,1H3/t17-/m1/s1. The van der Waals surface area contributed by atoms with Crippen molar-refractivity contribution in [3.8, 4) is 11.4 Å². The highest BCUT2D eigenvalue weighted by molar-refractivity contribution is 5.88. The topological polar surface area (TPSA) is 83.2 Å². The van der Waals surface area contributed by atoms with Crippen molar-refractivity contribution in [2.24, 2.45) is 7.05 Å². The lowest BCUT2D eigenvalue weighted by molar-refractivity contribution is 0.0398. The van der Waals surface area contributed by atoms with Crippen molar-refractivity contribution in [3.05, 3.63) is 30.7 Å². The van der Waals surface area contributed by atoms with Crippen LogP contribution in [-0.4, -0.2) is 73.1 Å². The van der Waals surface area contributed by atoms with Gasteiger partial charge < -0.3 is 10.0 Å². The molecule has 0 radical (unpaired) electrons. The molecule has 0 bridgehead atoms. The van der Waals surface area contributed by atoms with Crippen LogP contribution in [-0.2, 0) is 7.05 Å². The Kier molecular flexibility index (Phi) is 4.89. The van der Waals surface area contributed by atoms with E-state index in [1.54, 1.807) is 12.4 Å². The quantitative estimate of drug-likeness (QED) is 0.727. The van der Waals surface area contributed by atoms with E-state index in [2.05, 4.69) is 19.9 Å². The molecule has 3 aromatic rings. The van der Waals surface area contributed by atoms with Crippen molar-refractivity contribution in [1.82, 2.24) is 29.6 Å². The van der Waals surface area contributed by atoms with E-state index in [1.807, 2.05) is 30.1 Å². The monoisotopic (exact) mass is 393 g/mol. The van der Waals surface area contributed by atoms with Crippen LogP contribution in [0.25, 0.3) is 22.4 Å². The lowest BCUT2D eigenvalue weighted by atomic mass is 9.99. The van der Waals surface area contributed by atoms with E-state index in [9.17, 15) is 5.11 Å².